The largest absolute Gasteiger partial charge is 0.508 e. The quantitative estimate of drug-likeness (QED) is 0.835. The molecule has 2 rings (SSSR count). The highest BCUT2D eigenvalue weighted by Crippen LogP contribution is 2.34. The first kappa shape index (κ1) is 14.2. The molecule has 1 unspecified atom stereocenters. The zero-order valence-electron chi connectivity index (χ0n) is 9.61. The van der Waals surface area contributed by atoms with Crippen molar-refractivity contribution in [2.45, 2.75) is 5.92 Å². The Bertz CT molecular complexity index is 626. The van der Waals surface area contributed by atoms with Crippen LogP contribution in [0.15, 0.2) is 36.4 Å². The minimum atomic E-state index is -0.645. The van der Waals surface area contributed by atoms with E-state index >= 15 is 0 Å². The molecule has 1 N–H and O–H groups in total. The first-order valence-corrected chi connectivity index (χ1v) is 6.55. The fourth-order valence-electron chi connectivity index (χ4n) is 1.81. The van der Waals surface area contributed by atoms with Crippen molar-refractivity contribution in [3.63, 3.8) is 0 Å². The highest BCUT2D eigenvalue weighted by atomic mass is 35.5. The number of carbonyl (C=O) groups is 1. The number of hydrogen-bond acceptors (Lipinski definition) is 2. The average Bonchev–Trinajstić information content (AvgIpc) is 2.38. The summed E-state index contributed by atoms with van der Waals surface area (Å²) in [6.07, 6.45) is 0.727. The van der Waals surface area contributed by atoms with E-state index in [0.29, 0.717) is 26.2 Å². The average molecular weight is 316 g/mol. The third-order valence-corrected chi connectivity index (χ3v) is 3.74. The van der Waals surface area contributed by atoms with Crippen LogP contribution in [0.5, 0.6) is 5.75 Å². The highest BCUT2D eigenvalue weighted by molar-refractivity contribution is 6.42. The molecule has 0 spiro atoms. The highest BCUT2D eigenvalue weighted by Gasteiger charge is 2.18. The minimum Gasteiger partial charge on any atom is -0.508 e. The molecule has 0 aliphatic rings. The number of aldehydes is 1. The van der Waals surface area contributed by atoms with Gasteiger partial charge in [0.2, 0.25) is 0 Å². The Labute approximate surface area is 125 Å². The van der Waals surface area contributed by atoms with Crippen LogP contribution in [0, 0.1) is 0 Å². The number of phenols is 1. The molecule has 2 aromatic rings. The summed E-state index contributed by atoms with van der Waals surface area (Å²) in [6, 6.07) is 9.45. The lowest BCUT2D eigenvalue weighted by atomic mass is 9.92. The Hall–Kier alpha value is -1.22. The molecule has 19 heavy (non-hydrogen) atoms. The number of phenolic OH excluding ortho intramolecular Hbond substituents is 1. The molecule has 0 bridgehead atoms. The Balaban J connectivity index is 2.52. The Morgan fingerprint density at radius 1 is 1.00 bits per heavy atom. The molecule has 0 heterocycles. The number of halogens is 3. The summed E-state index contributed by atoms with van der Waals surface area (Å²) in [5, 5.41) is 11.1. The lowest BCUT2D eigenvalue weighted by molar-refractivity contribution is -0.108. The maximum atomic E-state index is 11.3. The molecule has 0 saturated carbocycles. The van der Waals surface area contributed by atoms with Gasteiger partial charge >= 0.3 is 0 Å². The van der Waals surface area contributed by atoms with E-state index in [1.165, 1.54) is 6.07 Å². The maximum absolute atomic E-state index is 11.3. The van der Waals surface area contributed by atoms with Gasteiger partial charge in [-0.1, -0.05) is 40.9 Å². The molecular weight excluding hydrogens is 307 g/mol. The third-order valence-electron chi connectivity index (χ3n) is 2.76. The summed E-state index contributed by atoms with van der Waals surface area (Å²) >= 11 is 17.7. The molecule has 98 valence electrons. The predicted molar refractivity (Wildman–Crippen MR) is 77.5 cm³/mol. The lowest BCUT2D eigenvalue weighted by Crippen LogP contribution is -2.03. The van der Waals surface area contributed by atoms with Crippen LogP contribution < -0.4 is 0 Å². The molecule has 0 amide bonds. The van der Waals surface area contributed by atoms with E-state index < -0.39 is 5.92 Å². The van der Waals surface area contributed by atoms with Crippen molar-refractivity contribution >= 4 is 41.1 Å². The molecule has 0 aliphatic carbocycles. The molecule has 0 aromatic heterocycles. The number of hydrogen-bond donors (Lipinski definition) is 1. The van der Waals surface area contributed by atoms with Gasteiger partial charge in [-0.25, -0.2) is 0 Å². The van der Waals surface area contributed by atoms with Crippen molar-refractivity contribution in [3.05, 3.63) is 62.6 Å². The van der Waals surface area contributed by atoms with Gasteiger partial charge in [0.1, 0.15) is 12.0 Å². The summed E-state index contributed by atoms with van der Waals surface area (Å²) < 4.78 is 0. The molecule has 0 fully saturated rings. The van der Waals surface area contributed by atoms with Crippen molar-refractivity contribution < 1.29 is 9.90 Å². The second kappa shape index (κ2) is 5.83. The molecule has 1 atom stereocenters. The summed E-state index contributed by atoms with van der Waals surface area (Å²) in [4.78, 5) is 11.3. The maximum Gasteiger partial charge on any atom is 0.131 e. The van der Waals surface area contributed by atoms with Crippen molar-refractivity contribution in [2.75, 3.05) is 0 Å². The van der Waals surface area contributed by atoms with Gasteiger partial charge in [0, 0.05) is 10.6 Å². The van der Waals surface area contributed by atoms with Gasteiger partial charge in [-0.3, -0.25) is 0 Å². The number of rotatable bonds is 3. The molecule has 0 saturated heterocycles. The monoisotopic (exact) mass is 314 g/mol. The summed E-state index contributed by atoms with van der Waals surface area (Å²) in [6.45, 7) is 0. The van der Waals surface area contributed by atoms with E-state index in [4.69, 9.17) is 34.8 Å². The smallest absolute Gasteiger partial charge is 0.131 e. The number of carbonyl (C=O) groups excluding carboxylic acids is 1. The lowest BCUT2D eigenvalue weighted by Gasteiger charge is -2.14. The summed E-state index contributed by atoms with van der Waals surface area (Å²) in [7, 11) is 0. The van der Waals surface area contributed by atoms with Crippen LogP contribution in [-0.4, -0.2) is 11.4 Å². The SMILES string of the molecule is O=CC(c1ccc(Cl)c(Cl)c1)c1cc(Cl)ccc1O. The van der Waals surface area contributed by atoms with Crippen LogP contribution in [0.3, 0.4) is 0 Å². The van der Waals surface area contributed by atoms with Gasteiger partial charge in [-0.2, -0.15) is 0 Å². The van der Waals surface area contributed by atoms with Gasteiger partial charge in [-0.15, -0.1) is 0 Å². The van der Waals surface area contributed by atoms with Gasteiger partial charge in [0.25, 0.3) is 0 Å². The van der Waals surface area contributed by atoms with Crippen molar-refractivity contribution in [2.24, 2.45) is 0 Å². The molecule has 0 aliphatic heterocycles. The van der Waals surface area contributed by atoms with E-state index in [1.807, 2.05) is 0 Å². The van der Waals surface area contributed by atoms with Crippen LogP contribution in [0.2, 0.25) is 15.1 Å². The topological polar surface area (TPSA) is 37.3 Å². The second-order valence-electron chi connectivity index (χ2n) is 3.99. The fourth-order valence-corrected chi connectivity index (χ4v) is 2.30. The van der Waals surface area contributed by atoms with Crippen LogP contribution in [0.4, 0.5) is 0 Å². The Morgan fingerprint density at radius 2 is 1.74 bits per heavy atom. The minimum absolute atomic E-state index is 0.00701. The first-order chi connectivity index (χ1) is 9.02. The Kier molecular flexibility index (Phi) is 4.35. The van der Waals surface area contributed by atoms with Crippen molar-refractivity contribution in [1.29, 1.82) is 0 Å². The van der Waals surface area contributed by atoms with Gasteiger partial charge in [0.15, 0.2) is 0 Å². The van der Waals surface area contributed by atoms with Crippen molar-refractivity contribution in [3.8, 4) is 5.75 Å². The zero-order valence-corrected chi connectivity index (χ0v) is 11.9. The number of benzene rings is 2. The Morgan fingerprint density at radius 3 is 2.37 bits per heavy atom. The van der Waals surface area contributed by atoms with E-state index in [2.05, 4.69) is 0 Å². The summed E-state index contributed by atoms with van der Waals surface area (Å²) in [5.41, 5.74) is 1.07. The number of aromatic hydroxyl groups is 1. The predicted octanol–water partition coefficient (Wildman–Crippen LogP) is 4.68. The second-order valence-corrected chi connectivity index (χ2v) is 5.24. The van der Waals surface area contributed by atoms with Crippen molar-refractivity contribution in [1.82, 2.24) is 0 Å². The van der Waals surface area contributed by atoms with Crippen LogP contribution in [-0.2, 0) is 4.79 Å². The van der Waals surface area contributed by atoms with Crippen LogP contribution >= 0.6 is 34.8 Å². The van der Waals surface area contributed by atoms with E-state index in [9.17, 15) is 9.90 Å². The van der Waals surface area contributed by atoms with Gasteiger partial charge < -0.3 is 9.90 Å². The first-order valence-electron chi connectivity index (χ1n) is 5.41. The summed E-state index contributed by atoms with van der Waals surface area (Å²) in [5.74, 6) is -0.638. The normalized spacial score (nSPS) is 12.2. The molecular formula is C14H9Cl3O2. The van der Waals surface area contributed by atoms with Crippen LogP contribution in [0.25, 0.3) is 0 Å². The molecule has 2 aromatic carbocycles. The van der Waals surface area contributed by atoms with E-state index in [-0.39, 0.29) is 5.75 Å². The van der Waals surface area contributed by atoms with Crippen LogP contribution in [0.1, 0.15) is 17.0 Å². The van der Waals surface area contributed by atoms with Gasteiger partial charge in [0.05, 0.1) is 16.0 Å². The molecule has 0 radical (unpaired) electrons. The zero-order chi connectivity index (χ0) is 14.0. The standard InChI is InChI=1S/C14H9Cl3O2/c15-9-2-4-14(19)10(6-9)11(7-18)8-1-3-12(16)13(17)5-8/h1-7,11,19H. The van der Waals surface area contributed by atoms with Gasteiger partial charge in [-0.05, 0) is 35.9 Å². The fraction of sp³-hybridized carbons (Fsp3) is 0.0714. The third kappa shape index (κ3) is 3.03. The van der Waals surface area contributed by atoms with E-state index in [0.717, 1.165) is 6.29 Å². The van der Waals surface area contributed by atoms with E-state index in [1.54, 1.807) is 30.3 Å². The molecule has 5 heteroatoms. The molecule has 2 nitrogen and oxygen atoms in total.